The highest BCUT2D eigenvalue weighted by Crippen LogP contribution is 2.36. The average Bonchev–Trinajstić information content (AvgIpc) is 2.38. The molecule has 1 heterocycles. The molecule has 1 aromatic rings. The molecule has 0 saturated carbocycles. The van der Waals surface area contributed by atoms with Crippen LogP contribution in [-0.4, -0.2) is 18.2 Å². The maximum Gasteiger partial charge on any atom is 0.416 e. The maximum absolute atomic E-state index is 12.8. The molecule has 1 aliphatic heterocycles. The fourth-order valence-corrected chi connectivity index (χ4v) is 2.58. The number of alkyl halides is 3. The zero-order valence-corrected chi connectivity index (χ0v) is 12.5. The first-order valence-electron chi connectivity index (χ1n) is 6.80. The first-order valence-corrected chi connectivity index (χ1v) is 7.21. The topological polar surface area (TPSA) is 41.3 Å². The molecular weight excluding hydrogens is 299 g/mol. The van der Waals surface area contributed by atoms with Crippen LogP contribution in [0.2, 0.25) is 0 Å². The molecule has 1 aromatic carbocycles. The highest BCUT2D eigenvalue weighted by Gasteiger charge is 2.31. The Morgan fingerprint density at radius 3 is 2.48 bits per heavy atom. The molecule has 0 atom stereocenters. The van der Waals surface area contributed by atoms with Gasteiger partial charge in [-0.05, 0) is 49.2 Å². The molecule has 0 aliphatic carbocycles. The predicted molar refractivity (Wildman–Crippen MR) is 82.5 cm³/mol. The quantitative estimate of drug-likeness (QED) is 0.818. The van der Waals surface area contributed by atoms with E-state index >= 15 is 0 Å². The third-order valence-electron chi connectivity index (χ3n) is 3.71. The second-order valence-corrected chi connectivity index (χ2v) is 5.83. The molecule has 0 amide bonds. The van der Waals surface area contributed by atoms with E-state index in [4.69, 9.17) is 18.0 Å². The largest absolute Gasteiger partial charge is 0.416 e. The zero-order chi connectivity index (χ0) is 15.6. The van der Waals surface area contributed by atoms with Crippen molar-refractivity contribution in [2.45, 2.75) is 25.9 Å². The van der Waals surface area contributed by atoms with Crippen molar-refractivity contribution in [1.82, 2.24) is 0 Å². The number of nitrogens with zero attached hydrogens (tertiary/aromatic N) is 1. The molecule has 7 heteroatoms. The van der Waals surface area contributed by atoms with Crippen LogP contribution in [0.4, 0.5) is 24.5 Å². The van der Waals surface area contributed by atoms with Crippen molar-refractivity contribution in [2.24, 2.45) is 11.7 Å². The van der Waals surface area contributed by atoms with E-state index in [1.165, 1.54) is 6.07 Å². The van der Waals surface area contributed by atoms with Crippen molar-refractivity contribution in [3.05, 3.63) is 23.8 Å². The van der Waals surface area contributed by atoms with Gasteiger partial charge in [0.25, 0.3) is 0 Å². The second-order valence-electron chi connectivity index (χ2n) is 5.39. The summed E-state index contributed by atoms with van der Waals surface area (Å²) in [5, 5.41) is 2.62. The Balaban J connectivity index is 2.33. The molecule has 116 valence electrons. The molecule has 1 fully saturated rings. The number of hydrogen-bond acceptors (Lipinski definition) is 2. The van der Waals surface area contributed by atoms with Crippen molar-refractivity contribution >= 4 is 28.7 Å². The van der Waals surface area contributed by atoms with Gasteiger partial charge in [0, 0.05) is 13.1 Å². The van der Waals surface area contributed by atoms with E-state index in [9.17, 15) is 13.2 Å². The van der Waals surface area contributed by atoms with Gasteiger partial charge < -0.3 is 16.0 Å². The first kappa shape index (κ1) is 15.9. The van der Waals surface area contributed by atoms with Crippen LogP contribution in [0.25, 0.3) is 0 Å². The van der Waals surface area contributed by atoms with E-state index in [1.54, 1.807) is 0 Å². The van der Waals surface area contributed by atoms with Crippen molar-refractivity contribution in [3.8, 4) is 0 Å². The predicted octanol–water partition coefficient (Wildman–Crippen LogP) is 3.60. The molecule has 3 nitrogen and oxygen atoms in total. The number of rotatable bonds is 2. The van der Waals surface area contributed by atoms with Gasteiger partial charge in [-0.3, -0.25) is 0 Å². The number of benzene rings is 1. The van der Waals surface area contributed by atoms with Gasteiger partial charge in [-0.15, -0.1) is 0 Å². The SMILES string of the molecule is CC1CCN(c2ccc(C(F)(F)F)cc2NC(N)=S)CC1. The summed E-state index contributed by atoms with van der Waals surface area (Å²) in [4.78, 5) is 2.07. The van der Waals surface area contributed by atoms with Crippen LogP contribution in [0.15, 0.2) is 18.2 Å². The van der Waals surface area contributed by atoms with E-state index in [0.717, 1.165) is 38.1 Å². The molecule has 0 aromatic heterocycles. The van der Waals surface area contributed by atoms with Crippen LogP contribution in [0.3, 0.4) is 0 Å². The standard InChI is InChI=1S/C14H18F3N3S/c1-9-4-6-20(7-5-9)12-3-2-10(14(15,16)17)8-11(12)19-13(18)21/h2-3,8-9H,4-7H2,1H3,(H3,18,19,21). The van der Waals surface area contributed by atoms with Crippen LogP contribution < -0.4 is 16.0 Å². The zero-order valence-electron chi connectivity index (χ0n) is 11.7. The monoisotopic (exact) mass is 317 g/mol. The highest BCUT2D eigenvalue weighted by molar-refractivity contribution is 7.80. The van der Waals surface area contributed by atoms with Gasteiger partial charge in [-0.25, -0.2) is 0 Å². The molecule has 21 heavy (non-hydrogen) atoms. The van der Waals surface area contributed by atoms with Crippen molar-refractivity contribution in [2.75, 3.05) is 23.3 Å². The highest BCUT2D eigenvalue weighted by atomic mass is 32.1. The van der Waals surface area contributed by atoms with E-state index in [0.29, 0.717) is 17.3 Å². The summed E-state index contributed by atoms with van der Waals surface area (Å²) in [5.41, 5.74) is 5.73. The Labute approximate surface area is 127 Å². The van der Waals surface area contributed by atoms with Crippen molar-refractivity contribution < 1.29 is 13.2 Å². The Morgan fingerprint density at radius 1 is 1.33 bits per heavy atom. The third-order valence-corrected chi connectivity index (χ3v) is 3.81. The molecule has 0 unspecified atom stereocenters. The van der Waals surface area contributed by atoms with Gasteiger partial charge >= 0.3 is 6.18 Å². The lowest BCUT2D eigenvalue weighted by atomic mass is 9.98. The summed E-state index contributed by atoms with van der Waals surface area (Å²) >= 11 is 4.76. The molecular formula is C14H18F3N3S. The number of nitrogens with one attached hydrogen (secondary N) is 1. The average molecular weight is 317 g/mol. The second kappa shape index (κ2) is 6.09. The van der Waals surface area contributed by atoms with Crippen LogP contribution >= 0.6 is 12.2 Å². The number of hydrogen-bond donors (Lipinski definition) is 2. The molecule has 3 N–H and O–H groups in total. The van der Waals surface area contributed by atoms with Crippen molar-refractivity contribution in [1.29, 1.82) is 0 Å². The van der Waals surface area contributed by atoms with Gasteiger partial charge in [-0.2, -0.15) is 13.2 Å². The van der Waals surface area contributed by atoms with E-state index in [1.807, 2.05) is 0 Å². The maximum atomic E-state index is 12.8. The molecule has 1 saturated heterocycles. The number of anilines is 2. The summed E-state index contributed by atoms with van der Waals surface area (Å²) < 4.78 is 38.5. The minimum Gasteiger partial charge on any atom is -0.376 e. The number of thiocarbonyl (C=S) groups is 1. The van der Waals surface area contributed by atoms with Gasteiger partial charge in [0.05, 0.1) is 16.9 Å². The van der Waals surface area contributed by atoms with Gasteiger partial charge in [0.1, 0.15) is 0 Å². The summed E-state index contributed by atoms with van der Waals surface area (Å²) in [6, 6.07) is 3.64. The minimum atomic E-state index is -4.39. The number of halogens is 3. The lowest BCUT2D eigenvalue weighted by Crippen LogP contribution is -2.34. The summed E-state index contributed by atoms with van der Waals surface area (Å²) in [7, 11) is 0. The summed E-state index contributed by atoms with van der Waals surface area (Å²) in [6.45, 7) is 3.81. The molecule has 0 bridgehead atoms. The Bertz CT molecular complexity index is 523. The fraction of sp³-hybridized carbons (Fsp3) is 0.500. The molecule has 2 rings (SSSR count). The lowest BCUT2D eigenvalue weighted by Gasteiger charge is -2.33. The van der Waals surface area contributed by atoms with Crippen LogP contribution in [-0.2, 0) is 6.18 Å². The van der Waals surface area contributed by atoms with E-state index in [-0.39, 0.29) is 5.11 Å². The molecule has 1 aliphatic rings. The van der Waals surface area contributed by atoms with Gasteiger partial charge in [0.15, 0.2) is 5.11 Å². The molecule has 0 spiro atoms. The van der Waals surface area contributed by atoms with Crippen molar-refractivity contribution in [3.63, 3.8) is 0 Å². The summed E-state index contributed by atoms with van der Waals surface area (Å²) in [5.74, 6) is 0.641. The van der Waals surface area contributed by atoms with Crippen LogP contribution in [0.1, 0.15) is 25.3 Å². The first-order chi connectivity index (χ1) is 9.77. The normalized spacial score (nSPS) is 16.9. The van der Waals surface area contributed by atoms with Crippen LogP contribution in [0.5, 0.6) is 0 Å². The van der Waals surface area contributed by atoms with E-state index in [2.05, 4.69) is 17.1 Å². The Kier molecular flexibility index (Phi) is 4.61. The number of nitrogens with two attached hydrogens (primary N) is 1. The number of piperidine rings is 1. The summed E-state index contributed by atoms with van der Waals surface area (Å²) in [6.07, 6.45) is -2.34. The third kappa shape index (κ3) is 4.00. The van der Waals surface area contributed by atoms with E-state index < -0.39 is 11.7 Å². The Hall–Kier alpha value is -1.50. The lowest BCUT2D eigenvalue weighted by molar-refractivity contribution is -0.137. The van der Waals surface area contributed by atoms with Gasteiger partial charge in [0.2, 0.25) is 0 Å². The van der Waals surface area contributed by atoms with Crippen LogP contribution in [0, 0.1) is 5.92 Å². The minimum absolute atomic E-state index is 0.0408. The fourth-order valence-electron chi connectivity index (χ4n) is 2.47. The molecule has 0 radical (unpaired) electrons. The Morgan fingerprint density at radius 2 is 1.95 bits per heavy atom. The van der Waals surface area contributed by atoms with Gasteiger partial charge in [-0.1, -0.05) is 6.92 Å². The smallest absolute Gasteiger partial charge is 0.376 e.